The van der Waals surface area contributed by atoms with Gasteiger partial charge in [0.15, 0.2) is 0 Å². The van der Waals surface area contributed by atoms with Gasteiger partial charge in [-0.2, -0.15) is 0 Å². The average Bonchev–Trinajstić information content (AvgIpc) is 3.10. The summed E-state index contributed by atoms with van der Waals surface area (Å²) < 4.78 is 5.40. The predicted molar refractivity (Wildman–Crippen MR) is 111 cm³/mol. The molecular weight excluding hydrogens is 344 g/mol. The summed E-state index contributed by atoms with van der Waals surface area (Å²) in [6.07, 6.45) is 5.82. The quantitative estimate of drug-likeness (QED) is 0.683. The lowest BCUT2D eigenvalue weighted by Crippen LogP contribution is -2.34. The molecule has 0 atom stereocenters. The fourth-order valence-electron chi connectivity index (χ4n) is 3.99. The number of likely N-dealkylation sites (tertiary alicyclic amines) is 1. The van der Waals surface area contributed by atoms with Crippen LogP contribution < -0.4 is 4.74 Å². The van der Waals surface area contributed by atoms with Crippen LogP contribution in [0.4, 0.5) is 0 Å². The number of hydrogen-bond donors (Lipinski definition) is 1. The molecule has 1 fully saturated rings. The van der Waals surface area contributed by atoms with Gasteiger partial charge in [-0.1, -0.05) is 30.3 Å². The van der Waals surface area contributed by atoms with Gasteiger partial charge < -0.3 is 14.6 Å². The number of piperidine rings is 1. The molecule has 138 valence electrons. The number of H-pyrrole nitrogens is 1. The third kappa shape index (κ3) is 4.05. The van der Waals surface area contributed by atoms with E-state index in [-0.39, 0.29) is 12.4 Å². The third-order valence-electron chi connectivity index (χ3n) is 5.51. The van der Waals surface area contributed by atoms with Crippen LogP contribution in [-0.4, -0.2) is 36.6 Å². The van der Waals surface area contributed by atoms with Gasteiger partial charge in [0.25, 0.3) is 0 Å². The Labute approximate surface area is 161 Å². The minimum atomic E-state index is 0. The van der Waals surface area contributed by atoms with Crippen LogP contribution in [0, 0.1) is 0 Å². The van der Waals surface area contributed by atoms with Crippen molar-refractivity contribution in [1.29, 1.82) is 0 Å². The largest absolute Gasteiger partial charge is 0.497 e. The van der Waals surface area contributed by atoms with Crippen LogP contribution >= 0.6 is 12.4 Å². The van der Waals surface area contributed by atoms with Crippen LogP contribution in [0.25, 0.3) is 10.9 Å². The second kappa shape index (κ2) is 8.61. The van der Waals surface area contributed by atoms with E-state index in [0.29, 0.717) is 5.92 Å². The van der Waals surface area contributed by atoms with E-state index in [2.05, 4.69) is 58.5 Å². The Bertz CT molecular complexity index is 823. The summed E-state index contributed by atoms with van der Waals surface area (Å²) in [5.74, 6) is 1.59. The molecule has 1 N–H and O–H groups in total. The number of methoxy groups -OCH3 is 1. The molecule has 0 radical (unpaired) electrons. The molecule has 0 bridgehead atoms. The monoisotopic (exact) mass is 370 g/mol. The van der Waals surface area contributed by atoms with E-state index in [4.69, 9.17) is 4.74 Å². The molecule has 1 aliphatic rings. The van der Waals surface area contributed by atoms with Crippen LogP contribution in [0.2, 0.25) is 0 Å². The van der Waals surface area contributed by atoms with E-state index in [1.165, 1.54) is 54.5 Å². The number of benzene rings is 2. The molecule has 1 aromatic heterocycles. The molecule has 0 aliphatic carbocycles. The first-order valence-electron chi connectivity index (χ1n) is 9.25. The van der Waals surface area contributed by atoms with Crippen molar-refractivity contribution >= 4 is 23.3 Å². The Hall–Kier alpha value is -1.97. The van der Waals surface area contributed by atoms with Crippen molar-refractivity contribution in [3.05, 3.63) is 65.9 Å². The Balaban J connectivity index is 0.00000196. The summed E-state index contributed by atoms with van der Waals surface area (Å²) >= 11 is 0. The van der Waals surface area contributed by atoms with E-state index >= 15 is 0 Å². The van der Waals surface area contributed by atoms with E-state index < -0.39 is 0 Å². The van der Waals surface area contributed by atoms with Crippen molar-refractivity contribution in [3.8, 4) is 5.75 Å². The van der Waals surface area contributed by atoms with Crippen molar-refractivity contribution in [1.82, 2.24) is 9.88 Å². The highest BCUT2D eigenvalue weighted by Gasteiger charge is 2.22. The Morgan fingerprint density at radius 1 is 1.08 bits per heavy atom. The van der Waals surface area contributed by atoms with Crippen LogP contribution in [-0.2, 0) is 6.42 Å². The van der Waals surface area contributed by atoms with Crippen LogP contribution in [0.5, 0.6) is 5.75 Å². The summed E-state index contributed by atoms with van der Waals surface area (Å²) in [6, 6.07) is 17.1. The van der Waals surface area contributed by atoms with Crippen molar-refractivity contribution < 1.29 is 4.74 Å². The first-order valence-corrected chi connectivity index (χ1v) is 9.25. The normalized spacial score (nSPS) is 15.7. The van der Waals surface area contributed by atoms with E-state index in [0.717, 1.165) is 12.2 Å². The highest BCUT2D eigenvalue weighted by Crippen LogP contribution is 2.34. The molecule has 2 aromatic carbocycles. The van der Waals surface area contributed by atoms with Crippen LogP contribution in [0.3, 0.4) is 0 Å². The van der Waals surface area contributed by atoms with Crippen LogP contribution in [0.15, 0.2) is 54.7 Å². The van der Waals surface area contributed by atoms with E-state index in [9.17, 15) is 0 Å². The van der Waals surface area contributed by atoms with Gasteiger partial charge in [-0.3, -0.25) is 0 Å². The molecule has 3 nitrogen and oxygen atoms in total. The van der Waals surface area contributed by atoms with Gasteiger partial charge in [-0.05, 0) is 67.6 Å². The molecule has 4 rings (SSSR count). The number of nitrogens with one attached hydrogen (secondary N) is 1. The first kappa shape index (κ1) is 18.8. The Morgan fingerprint density at radius 3 is 2.58 bits per heavy atom. The Kier molecular flexibility index (Phi) is 6.23. The van der Waals surface area contributed by atoms with Gasteiger partial charge in [0.2, 0.25) is 0 Å². The molecule has 26 heavy (non-hydrogen) atoms. The predicted octanol–water partition coefficient (Wildman–Crippen LogP) is 5.02. The highest BCUT2D eigenvalue weighted by atomic mass is 35.5. The maximum atomic E-state index is 5.40. The van der Waals surface area contributed by atoms with Gasteiger partial charge in [0.1, 0.15) is 5.75 Å². The second-order valence-corrected chi connectivity index (χ2v) is 7.01. The lowest BCUT2D eigenvalue weighted by atomic mass is 9.89. The lowest BCUT2D eigenvalue weighted by molar-refractivity contribution is 0.215. The zero-order valence-electron chi connectivity index (χ0n) is 15.3. The zero-order chi connectivity index (χ0) is 17.1. The molecule has 1 aliphatic heterocycles. The summed E-state index contributed by atoms with van der Waals surface area (Å²) in [6.45, 7) is 3.54. The molecule has 2 heterocycles. The smallest absolute Gasteiger partial charge is 0.119 e. The molecule has 0 saturated carbocycles. The third-order valence-corrected chi connectivity index (χ3v) is 5.51. The maximum Gasteiger partial charge on any atom is 0.119 e. The summed E-state index contributed by atoms with van der Waals surface area (Å²) in [7, 11) is 1.73. The molecular formula is C22H27ClN2O. The second-order valence-electron chi connectivity index (χ2n) is 7.01. The number of aromatic nitrogens is 1. The zero-order valence-corrected chi connectivity index (χ0v) is 16.1. The van der Waals surface area contributed by atoms with Gasteiger partial charge in [-0.25, -0.2) is 0 Å². The topological polar surface area (TPSA) is 28.3 Å². The van der Waals surface area contributed by atoms with Crippen molar-refractivity contribution in [3.63, 3.8) is 0 Å². The summed E-state index contributed by atoms with van der Waals surface area (Å²) in [4.78, 5) is 6.04. The number of nitrogens with zero attached hydrogens (tertiary/aromatic N) is 1. The lowest BCUT2D eigenvalue weighted by Gasteiger charge is -2.32. The minimum absolute atomic E-state index is 0. The fraction of sp³-hybridized carbons (Fsp3) is 0.364. The minimum Gasteiger partial charge on any atom is -0.497 e. The Morgan fingerprint density at radius 2 is 1.85 bits per heavy atom. The first-order chi connectivity index (χ1) is 12.3. The van der Waals surface area contributed by atoms with E-state index in [1.807, 2.05) is 6.07 Å². The number of fused-ring (bicyclic) bond motifs is 1. The van der Waals surface area contributed by atoms with Gasteiger partial charge >= 0.3 is 0 Å². The number of hydrogen-bond acceptors (Lipinski definition) is 2. The van der Waals surface area contributed by atoms with Crippen molar-refractivity contribution in [2.45, 2.75) is 25.2 Å². The molecule has 4 heteroatoms. The van der Waals surface area contributed by atoms with Gasteiger partial charge in [0.05, 0.1) is 7.11 Å². The summed E-state index contributed by atoms with van der Waals surface area (Å²) in [5.41, 5.74) is 4.10. The molecule has 0 spiro atoms. The van der Waals surface area contributed by atoms with Crippen LogP contribution in [0.1, 0.15) is 29.9 Å². The highest BCUT2D eigenvalue weighted by molar-refractivity contribution is 5.85. The average molecular weight is 371 g/mol. The SMILES string of the molecule is COc1ccc2[nH]cc(C3CCN(CCc4ccccc4)CC3)c2c1.Cl. The number of rotatable bonds is 5. The maximum absolute atomic E-state index is 5.40. The fourth-order valence-corrected chi connectivity index (χ4v) is 3.99. The molecule has 0 unspecified atom stereocenters. The molecule has 3 aromatic rings. The molecule has 1 saturated heterocycles. The molecule has 0 amide bonds. The number of halogens is 1. The van der Waals surface area contributed by atoms with Gasteiger partial charge in [-0.15, -0.1) is 12.4 Å². The number of ether oxygens (including phenoxy) is 1. The van der Waals surface area contributed by atoms with E-state index in [1.54, 1.807) is 7.11 Å². The standard InChI is InChI=1S/C22H26N2O.ClH/c1-25-19-7-8-22-20(15-19)21(16-23-22)18-10-13-24(14-11-18)12-9-17-5-3-2-4-6-17;/h2-8,15-16,18,23H,9-14H2,1H3;1H. The van der Waals surface area contributed by atoms with Crippen molar-refractivity contribution in [2.24, 2.45) is 0 Å². The van der Waals surface area contributed by atoms with Gasteiger partial charge in [0, 0.05) is 23.6 Å². The summed E-state index contributed by atoms with van der Waals surface area (Å²) in [5, 5.41) is 1.32. The van der Waals surface area contributed by atoms with Crippen molar-refractivity contribution in [2.75, 3.05) is 26.7 Å². The number of aromatic amines is 1.